The van der Waals surface area contributed by atoms with E-state index in [0.29, 0.717) is 52.4 Å². The molecule has 0 saturated carbocycles. The number of amides is 1. The second kappa shape index (κ2) is 15.2. The highest BCUT2D eigenvalue weighted by atomic mass is 35.5. The van der Waals surface area contributed by atoms with Gasteiger partial charge in [-0.25, -0.2) is 10.4 Å². The molecule has 0 unspecified atom stereocenters. The number of benzene rings is 4. The molecule has 0 aromatic heterocycles. The lowest BCUT2D eigenvalue weighted by atomic mass is 9.82. The Labute approximate surface area is 267 Å². The van der Waals surface area contributed by atoms with E-state index in [-0.39, 0.29) is 18.9 Å². The minimum atomic E-state index is -1.39. The number of nitrogens with one attached hydrogen (secondary N) is 2. The van der Waals surface area contributed by atoms with Crippen molar-refractivity contribution in [3.8, 4) is 5.75 Å². The van der Waals surface area contributed by atoms with E-state index in [1.54, 1.807) is 18.2 Å². The summed E-state index contributed by atoms with van der Waals surface area (Å²) in [6.07, 6.45) is 1.68. The summed E-state index contributed by atoms with van der Waals surface area (Å²) in [6.45, 7) is 1.04. The molecule has 3 N–H and O–H groups in total. The van der Waals surface area contributed by atoms with E-state index in [2.05, 4.69) is 23.0 Å². The van der Waals surface area contributed by atoms with Gasteiger partial charge in [0.15, 0.2) is 11.6 Å². The van der Waals surface area contributed by atoms with E-state index in [4.69, 9.17) is 42.8 Å². The molecule has 1 heterocycles. The molecule has 1 amide bonds. The predicted octanol–water partition coefficient (Wildman–Crippen LogP) is 6.51. The van der Waals surface area contributed by atoms with Crippen LogP contribution in [0.1, 0.15) is 41.2 Å². The molecule has 9 heteroatoms. The van der Waals surface area contributed by atoms with Gasteiger partial charge in [-0.15, -0.1) is 0 Å². The van der Waals surface area contributed by atoms with Gasteiger partial charge in [0.25, 0.3) is 5.91 Å². The monoisotopic (exact) mass is 631 g/mol. The van der Waals surface area contributed by atoms with Gasteiger partial charge in [0.1, 0.15) is 5.75 Å². The number of aliphatic hydroxyl groups excluding tert-OH is 1. The maximum atomic E-state index is 14.3. The van der Waals surface area contributed by atoms with Crippen LogP contribution in [0.5, 0.6) is 5.75 Å². The minimum absolute atomic E-state index is 0.0603. The van der Waals surface area contributed by atoms with Gasteiger partial charge in [-0.05, 0) is 60.4 Å². The second-order valence-electron chi connectivity index (χ2n) is 10.6. The van der Waals surface area contributed by atoms with Crippen molar-refractivity contribution in [1.82, 2.24) is 10.9 Å². The van der Waals surface area contributed by atoms with Crippen LogP contribution in [0.4, 0.5) is 0 Å². The van der Waals surface area contributed by atoms with Crippen molar-refractivity contribution in [2.75, 3.05) is 19.8 Å². The molecule has 44 heavy (non-hydrogen) atoms. The molecule has 0 bridgehead atoms. The third-order valence-electron chi connectivity index (χ3n) is 7.40. The van der Waals surface area contributed by atoms with Crippen molar-refractivity contribution in [2.45, 2.75) is 37.3 Å². The number of carbonyl (C=O) groups is 1. The smallest absolute Gasteiger partial charge is 0.266 e. The van der Waals surface area contributed by atoms with Crippen LogP contribution in [-0.4, -0.2) is 42.2 Å². The predicted molar refractivity (Wildman–Crippen MR) is 174 cm³/mol. The summed E-state index contributed by atoms with van der Waals surface area (Å²) in [5.74, 6) is 0.639. The van der Waals surface area contributed by atoms with Crippen LogP contribution in [0.25, 0.3) is 0 Å². The Kier molecular flexibility index (Phi) is 10.9. The first-order valence-corrected chi connectivity index (χ1v) is 15.4. The first kappa shape index (κ1) is 31.5. The second-order valence-corrected chi connectivity index (χ2v) is 11.4. The Bertz CT molecular complexity index is 1550. The normalized spacial score (nSPS) is 17.5. The van der Waals surface area contributed by atoms with Gasteiger partial charge in [0, 0.05) is 47.2 Å². The molecule has 0 radical (unpaired) electrons. The highest BCUT2D eigenvalue weighted by molar-refractivity contribution is 6.35. The summed E-state index contributed by atoms with van der Waals surface area (Å²) < 4.78 is 12.2. The zero-order chi connectivity index (χ0) is 30.8. The van der Waals surface area contributed by atoms with Crippen molar-refractivity contribution in [1.29, 1.82) is 0 Å². The molecule has 0 aliphatic carbocycles. The molecule has 4 aromatic rings. The number of aliphatic hydroxyl groups is 1. The maximum absolute atomic E-state index is 14.3. The van der Waals surface area contributed by atoms with Gasteiger partial charge in [0.2, 0.25) is 5.90 Å². The minimum Gasteiger partial charge on any atom is -0.494 e. The lowest BCUT2D eigenvalue weighted by molar-refractivity contribution is -0.130. The summed E-state index contributed by atoms with van der Waals surface area (Å²) in [5.41, 5.74) is 8.10. The number of ether oxygens (including phenoxy) is 2. The zero-order valence-corrected chi connectivity index (χ0v) is 25.7. The zero-order valence-electron chi connectivity index (χ0n) is 24.2. The highest BCUT2D eigenvalue weighted by Gasteiger charge is 2.54. The molecule has 1 aliphatic heterocycles. The number of aryl methyl sites for hydroxylation is 1. The van der Waals surface area contributed by atoms with E-state index in [9.17, 15) is 4.79 Å². The molecule has 2 atom stereocenters. The number of hydrogen-bond donors (Lipinski definition) is 3. The van der Waals surface area contributed by atoms with Crippen LogP contribution in [0.15, 0.2) is 108 Å². The number of aliphatic imine (C=N–C) groups is 1. The Hall–Kier alpha value is -3.88. The number of halogens is 2. The van der Waals surface area contributed by atoms with Crippen LogP contribution < -0.4 is 15.6 Å². The van der Waals surface area contributed by atoms with E-state index in [0.717, 1.165) is 18.4 Å². The number of hydrazine groups is 1. The van der Waals surface area contributed by atoms with Crippen LogP contribution in [0.3, 0.4) is 0 Å². The molecule has 0 saturated heterocycles. The third-order valence-corrected chi connectivity index (χ3v) is 7.97. The van der Waals surface area contributed by atoms with Gasteiger partial charge < -0.3 is 14.6 Å². The summed E-state index contributed by atoms with van der Waals surface area (Å²) in [5, 5.41) is 9.91. The van der Waals surface area contributed by atoms with Crippen molar-refractivity contribution in [3.63, 3.8) is 0 Å². The molecule has 0 spiro atoms. The van der Waals surface area contributed by atoms with Gasteiger partial charge >= 0.3 is 0 Å². The van der Waals surface area contributed by atoms with Crippen LogP contribution in [0, 0.1) is 0 Å². The molecule has 228 valence electrons. The van der Waals surface area contributed by atoms with E-state index in [1.165, 1.54) is 5.56 Å². The third kappa shape index (κ3) is 7.79. The van der Waals surface area contributed by atoms with Crippen molar-refractivity contribution in [2.24, 2.45) is 4.99 Å². The Morgan fingerprint density at radius 2 is 1.61 bits per heavy atom. The average Bonchev–Trinajstić information content (AvgIpc) is 3.42. The fourth-order valence-corrected chi connectivity index (χ4v) is 5.66. The summed E-state index contributed by atoms with van der Waals surface area (Å²) >= 11 is 13.0. The first-order chi connectivity index (χ1) is 21.5. The number of hydrogen-bond acceptors (Lipinski definition) is 6. The van der Waals surface area contributed by atoms with Crippen molar-refractivity contribution >= 4 is 35.0 Å². The van der Waals surface area contributed by atoms with E-state index < -0.39 is 11.6 Å². The fourth-order valence-electron chi connectivity index (χ4n) is 5.16. The quantitative estimate of drug-likeness (QED) is 0.109. The Morgan fingerprint density at radius 3 is 2.30 bits per heavy atom. The fraction of sp³-hybridized carbons (Fsp3) is 0.257. The maximum Gasteiger partial charge on any atom is 0.266 e. The molecular formula is C35H35Cl2N3O4. The number of rotatable bonds is 14. The van der Waals surface area contributed by atoms with Crippen LogP contribution in [-0.2, 0) is 22.4 Å². The van der Waals surface area contributed by atoms with Crippen LogP contribution in [0.2, 0.25) is 10.0 Å². The van der Waals surface area contributed by atoms with Gasteiger partial charge in [-0.2, -0.15) is 0 Å². The number of nitrogens with zero attached hydrogens (tertiary/aromatic N) is 1. The molecule has 0 fully saturated rings. The van der Waals surface area contributed by atoms with E-state index >= 15 is 0 Å². The lowest BCUT2D eigenvalue weighted by Gasteiger charge is -2.31. The summed E-state index contributed by atoms with van der Waals surface area (Å²) in [6, 6.07) is 32.4. The standard InChI is InChI=1S/C35H35Cl2N3O4/c36-28-16-19-30(31(37)23-28)32-35(24-26-11-5-2-6-12-26,34(42)40-38-20-7-13-25-9-3-1-4-10-25)39-33(44-32)27-14-17-29(18-15-27)43-22-8-21-41/h1-6,9-12,14-19,23,32,38,41H,7-8,13,20-22,24H2,(H,40,42)/t32-,35-/m0/s1. The SMILES string of the molecule is O=C(NNCCCc1ccccc1)[C@@]1(Cc2ccccc2)N=C(c2ccc(OCCCO)cc2)O[C@H]1c1ccc(Cl)cc1Cl. The molecule has 4 aromatic carbocycles. The largest absolute Gasteiger partial charge is 0.494 e. The molecule has 5 rings (SSSR count). The Morgan fingerprint density at radius 1 is 0.909 bits per heavy atom. The Balaban J connectivity index is 1.45. The van der Waals surface area contributed by atoms with Crippen molar-refractivity contribution in [3.05, 3.63) is 135 Å². The molecule has 7 nitrogen and oxygen atoms in total. The van der Waals surface area contributed by atoms with Gasteiger partial charge in [-0.3, -0.25) is 10.2 Å². The van der Waals surface area contributed by atoms with Gasteiger partial charge in [0.05, 0.1) is 6.61 Å². The topological polar surface area (TPSA) is 92.2 Å². The summed E-state index contributed by atoms with van der Waals surface area (Å²) in [4.78, 5) is 19.3. The number of carbonyl (C=O) groups excluding carboxylic acids is 1. The molecular weight excluding hydrogens is 597 g/mol. The van der Waals surface area contributed by atoms with Crippen LogP contribution >= 0.6 is 23.2 Å². The lowest BCUT2D eigenvalue weighted by Crippen LogP contribution is -2.54. The first-order valence-electron chi connectivity index (χ1n) is 14.7. The average molecular weight is 633 g/mol. The summed E-state index contributed by atoms with van der Waals surface area (Å²) in [7, 11) is 0. The van der Waals surface area contributed by atoms with Crippen molar-refractivity contribution < 1.29 is 19.4 Å². The highest BCUT2D eigenvalue weighted by Crippen LogP contribution is 2.45. The van der Waals surface area contributed by atoms with Gasteiger partial charge in [-0.1, -0.05) is 89.9 Å². The molecule has 1 aliphatic rings. The van der Waals surface area contributed by atoms with E-state index in [1.807, 2.05) is 72.8 Å².